The molecular weight excluding hydrogens is 346 g/mol. The predicted molar refractivity (Wildman–Crippen MR) is 94.4 cm³/mol. The Hall–Kier alpha value is -2.67. The number of amides is 1. The van der Waals surface area contributed by atoms with E-state index in [2.05, 4.69) is 10.3 Å². The molecule has 1 amide bonds. The number of nitro groups is 1. The van der Waals surface area contributed by atoms with Crippen LogP contribution < -0.4 is 10.1 Å². The van der Waals surface area contributed by atoms with Gasteiger partial charge in [-0.05, 0) is 39.8 Å². The fourth-order valence-corrected chi connectivity index (χ4v) is 2.23. The summed E-state index contributed by atoms with van der Waals surface area (Å²) in [5.41, 5.74) is 0.418. The quantitative estimate of drug-likeness (QED) is 0.646. The molecule has 0 aliphatic carbocycles. The maximum Gasteiger partial charge on any atom is 0.271 e. The summed E-state index contributed by atoms with van der Waals surface area (Å²) in [6, 6.07) is 5.44. The van der Waals surface area contributed by atoms with E-state index in [-0.39, 0.29) is 27.9 Å². The number of halogens is 1. The molecule has 0 fully saturated rings. The maximum atomic E-state index is 12.4. The van der Waals surface area contributed by atoms with E-state index in [1.807, 2.05) is 20.8 Å². The molecule has 1 aromatic carbocycles. The van der Waals surface area contributed by atoms with Crippen molar-refractivity contribution in [3.63, 3.8) is 0 Å². The van der Waals surface area contributed by atoms with Crippen molar-refractivity contribution in [3.05, 3.63) is 56.9 Å². The second-order valence-electron chi connectivity index (χ2n) is 6.48. The molecule has 0 aliphatic rings. The number of carbonyl (C=O) groups is 1. The van der Waals surface area contributed by atoms with Gasteiger partial charge in [-0.1, -0.05) is 11.6 Å². The van der Waals surface area contributed by atoms with Gasteiger partial charge in [0.25, 0.3) is 11.6 Å². The van der Waals surface area contributed by atoms with Crippen molar-refractivity contribution in [3.8, 4) is 11.5 Å². The topological polar surface area (TPSA) is 94.4 Å². The molecule has 1 heterocycles. The van der Waals surface area contributed by atoms with Crippen molar-refractivity contribution >= 4 is 23.2 Å². The van der Waals surface area contributed by atoms with Crippen LogP contribution in [0.15, 0.2) is 30.5 Å². The minimum atomic E-state index is -0.544. The number of non-ortho nitro benzene ring substituents is 1. The Bertz CT molecular complexity index is 831. The van der Waals surface area contributed by atoms with Crippen LogP contribution in [0.1, 0.15) is 36.8 Å². The van der Waals surface area contributed by atoms with Crippen LogP contribution >= 0.6 is 11.6 Å². The van der Waals surface area contributed by atoms with Crippen LogP contribution in [0.25, 0.3) is 0 Å². The largest absolute Gasteiger partial charge is 0.454 e. The summed E-state index contributed by atoms with van der Waals surface area (Å²) in [6.45, 7) is 7.36. The first-order chi connectivity index (χ1) is 11.6. The third kappa shape index (κ3) is 4.90. The lowest BCUT2D eigenvalue weighted by Gasteiger charge is -2.21. The van der Waals surface area contributed by atoms with Crippen molar-refractivity contribution in [2.24, 2.45) is 0 Å². The van der Waals surface area contributed by atoms with E-state index in [4.69, 9.17) is 16.3 Å². The molecule has 0 saturated carbocycles. The van der Waals surface area contributed by atoms with Gasteiger partial charge in [-0.15, -0.1) is 0 Å². The Morgan fingerprint density at radius 2 is 2.00 bits per heavy atom. The van der Waals surface area contributed by atoms with Crippen molar-refractivity contribution in [2.45, 2.75) is 33.2 Å². The first kappa shape index (κ1) is 18.7. The Kier molecular flexibility index (Phi) is 5.27. The van der Waals surface area contributed by atoms with E-state index >= 15 is 0 Å². The molecule has 0 radical (unpaired) electrons. The molecule has 2 rings (SSSR count). The van der Waals surface area contributed by atoms with Gasteiger partial charge in [0.15, 0.2) is 0 Å². The summed E-state index contributed by atoms with van der Waals surface area (Å²) < 4.78 is 5.62. The molecule has 8 heteroatoms. The lowest BCUT2D eigenvalue weighted by Crippen LogP contribution is -2.40. The minimum Gasteiger partial charge on any atom is -0.454 e. The van der Waals surface area contributed by atoms with Crippen molar-refractivity contribution in [1.29, 1.82) is 0 Å². The van der Waals surface area contributed by atoms with Crippen LogP contribution in [0.5, 0.6) is 11.5 Å². The Morgan fingerprint density at radius 3 is 2.56 bits per heavy atom. The summed E-state index contributed by atoms with van der Waals surface area (Å²) in [4.78, 5) is 26.7. The second kappa shape index (κ2) is 7.06. The molecule has 0 saturated heterocycles. The van der Waals surface area contributed by atoms with Crippen LogP contribution in [0.2, 0.25) is 5.02 Å². The van der Waals surface area contributed by atoms with Gasteiger partial charge in [-0.25, -0.2) is 0 Å². The second-order valence-corrected chi connectivity index (χ2v) is 6.89. The zero-order valence-corrected chi connectivity index (χ0v) is 15.0. The number of ether oxygens (including phenoxy) is 1. The monoisotopic (exact) mass is 363 g/mol. The average Bonchev–Trinajstić information content (AvgIpc) is 2.49. The zero-order chi connectivity index (χ0) is 18.8. The van der Waals surface area contributed by atoms with Crippen LogP contribution in [-0.2, 0) is 0 Å². The van der Waals surface area contributed by atoms with Gasteiger partial charge in [0.1, 0.15) is 11.5 Å². The van der Waals surface area contributed by atoms with E-state index in [1.54, 1.807) is 13.0 Å². The first-order valence-electron chi connectivity index (χ1n) is 7.48. The van der Waals surface area contributed by atoms with Gasteiger partial charge < -0.3 is 10.1 Å². The number of aromatic nitrogens is 1. The first-order valence-corrected chi connectivity index (χ1v) is 7.85. The zero-order valence-electron chi connectivity index (χ0n) is 14.3. The van der Waals surface area contributed by atoms with Gasteiger partial charge in [0, 0.05) is 17.7 Å². The number of carbonyl (C=O) groups excluding carboxylic acids is 1. The summed E-state index contributed by atoms with van der Waals surface area (Å²) >= 11 is 6.01. The Labute approximate surface area is 150 Å². The number of rotatable bonds is 4. The molecule has 1 aromatic heterocycles. The van der Waals surface area contributed by atoms with Gasteiger partial charge in [0.05, 0.1) is 27.4 Å². The van der Waals surface area contributed by atoms with Crippen molar-refractivity contribution in [1.82, 2.24) is 10.3 Å². The fraction of sp³-hybridized carbons (Fsp3) is 0.294. The summed E-state index contributed by atoms with van der Waals surface area (Å²) in [7, 11) is 0. The van der Waals surface area contributed by atoms with E-state index in [0.29, 0.717) is 17.0 Å². The molecule has 25 heavy (non-hydrogen) atoms. The van der Waals surface area contributed by atoms with Crippen molar-refractivity contribution in [2.75, 3.05) is 0 Å². The maximum absolute atomic E-state index is 12.4. The van der Waals surface area contributed by atoms with Gasteiger partial charge in [0.2, 0.25) is 0 Å². The van der Waals surface area contributed by atoms with E-state index in [0.717, 1.165) is 0 Å². The van der Waals surface area contributed by atoms with Crippen LogP contribution in [0.3, 0.4) is 0 Å². The number of nitrogens with one attached hydrogen (secondary N) is 1. The molecular formula is C17H18ClN3O4. The SMILES string of the molecule is Cc1ncc(Oc2ccc([N+](=O)[O-])cc2Cl)cc1C(=O)NC(C)(C)C. The van der Waals surface area contributed by atoms with Gasteiger partial charge in [-0.3, -0.25) is 19.9 Å². The van der Waals surface area contributed by atoms with Crippen molar-refractivity contribution < 1.29 is 14.5 Å². The summed E-state index contributed by atoms with van der Waals surface area (Å²) in [5.74, 6) is 0.276. The molecule has 0 spiro atoms. The molecule has 0 unspecified atom stereocenters. The lowest BCUT2D eigenvalue weighted by molar-refractivity contribution is -0.384. The molecule has 1 N–H and O–H groups in total. The molecule has 2 aromatic rings. The highest BCUT2D eigenvalue weighted by molar-refractivity contribution is 6.32. The summed E-state index contributed by atoms with van der Waals surface area (Å²) in [6.07, 6.45) is 1.46. The number of aryl methyl sites for hydroxylation is 1. The third-order valence-corrected chi connectivity index (χ3v) is 3.44. The van der Waals surface area contributed by atoms with E-state index in [1.165, 1.54) is 24.4 Å². The number of nitro benzene ring substituents is 1. The number of nitrogens with zero attached hydrogens (tertiary/aromatic N) is 2. The molecule has 0 atom stereocenters. The van der Waals surface area contributed by atoms with Crippen LogP contribution in [0.4, 0.5) is 5.69 Å². The minimum absolute atomic E-state index is 0.0930. The highest BCUT2D eigenvalue weighted by Crippen LogP contribution is 2.32. The fourth-order valence-electron chi connectivity index (χ4n) is 2.02. The van der Waals surface area contributed by atoms with Gasteiger partial charge in [-0.2, -0.15) is 0 Å². The lowest BCUT2D eigenvalue weighted by atomic mass is 10.1. The molecule has 132 valence electrons. The number of hydrogen-bond acceptors (Lipinski definition) is 5. The van der Waals surface area contributed by atoms with Gasteiger partial charge >= 0.3 is 0 Å². The molecule has 0 aliphatic heterocycles. The predicted octanol–water partition coefficient (Wildman–Crippen LogP) is 4.27. The van der Waals surface area contributed by atoms with Crippen LogP contribution in [-0.4, -0.2) is 21.4 Å². The highest BCUT2D eigenvalue weighted by Gasteiger charge is 2.19. The third-order valence-electron chi connectivity index (χ3n) is 3.15. The highest BCUT2D eigenvalue weighted by atomic mass is 35.5. The van der Waals surface area contributed by atoms with E-state index < -0.39 is 4.92 Å². The smallest absolute Gasteiger partial charge is 0.271 e. The number of benzene rings is 1. The van der Waals surface area contributed by atoms with Crippen LogP contribution in [0, 0.1) is 17.0 Å². The standard InChI is InChI=1S/C17H18ClN3O4/c1-10-13(16(22)20-17(2,3)4)8-12(9-19-10)25-15-6-5-11(21(23)24)7-14(15)18/h5-9H,1-4H3,(H,20,22). The van der Waals surface area contributed by atoms with E-state index in [9.17, 15) is 14.9 Å². The number of hydrogen-bond donors (Lipinski definition) is 1. The molecule has 0 bridgehead atoms. The Morgan fingerprint density at radius 1 is 1.32 bits per heavy atom. The molecule has 7 nitrogen and oxygen atoms in total. The summed E-state index contributed by atoms with van der Waals surface area (Å²) in [5, 5.41) is 13.7. The Balaban J connectivity index is 2.28. The normalized spacial score (nSPS) is 11.1. The number of pyridine rings is 1. The average molecular weight is 364 g/mol.